The van der Waals surface area contributed by atoms with Gasteiger partial charge in [0.05, 0.1) is 16.4 Å². The van der Waals surface area contributed by atoms with Crippen molar-refractivity contribution in [1.82, 2.24) is 4.98 Å². The minimum atomic E-state index is -4.85. The lowest BCUT2D eigenvalue weighted by Gasteiger charge is -2.14. The van der Waals surface area contributed by atoms with Crippen LogP contribution < -0.4 is 15.4 Å². The van der Waals surface area contributed by atoms with Gasteiger partial charge < -0.3 is 15.4 Å². The third kappa shape index (κ3) is 5.20. The Hall–Kier alpha value is -3.07. The van der Waals surface area contributed by atoms with E-state index in [1.54, 1.807) is 18.2 Å². The lowest BCUT2D eigenvalue weighted by molar-refractivity contribution is -0.274. The van der Waals surface area contributed by atoms with Gasteiger partial charge in [0, 0.05) is 16.6 Å². The molecule has 0 aliphatic heterocycles. The average Bonchev–Trinajstić information content (AvgIpc) is 3.02. The number of aromatic nitrogens is 1. The van der Waals surface area contributed by atoms with Crippen molar-refractivity contribution < 1.29 is 22.7 Å². The molecule has 1 aromatic heterocycles. The highest BCUT2D eigenvalue weighted by atomic mass is 32.1. The molecule has 0 fully saturated rings. The van der Waals surface area contributed by atoms with Crippen LogP contribution in [0.15, 0.2) is 53.9 Å². The molecule has 3 rings (SSSR count). The van der Waals surface area contributed by atoms with Gasteiger partial charge in [-0.3, -0.25) is 0 Å². The van der Waals surface area contributed by atoms with Gasteiger partial charge in [0.15, 0.2) is 5.75 Å². The van der Waals surface area contributed by atoms with Crippen LogP contribution in [0.1, 0.15) is 5.01 Å². The van der Waals surface area contributed by atoms with Gasteiger partial charge >= 0.3 is 12.4 Å². The molecule has 0 radical (unpaired) electrons. The number of alkyl halides is 3. The predicted octanol–water partition coefficient (Wildman–Crippen LogP) is 5.66. The molecule has 0 aliphatic rings. The Balaban J connectivity index is 1.72. The second-order valence-corrected chi connectivity index (χ2v) is 6.52. The molecule has 5 nitrogen and oxygen atoms in total. The Morgan fingerprint density at radius 1 is 1.11 bits per heavy atom. The third-order valence-electron chi connectivity index (χ3n) is 3.40. The Labute approximate surface area is 156 Å². The van der Waals surface area contributed by atoms with E-state index in [2.05, 4.69) is 20.4 Å². The van der Waals surface area contributed by atoms with Gasteiger partial charge in [0.2, 0.25) is 0 Å². The average molecular weight is 393 g/mol. The molecular formula is C18H14F3N3O2S. The summed E-state index contributed by atoms with van der Waals surface area (Å²) >= 11 is 1.51. The van der Waals surface area contributed by atoms with E-state index in [1.807, 2.05) is 18.4 Å². The topological polar surface area (TPSA) is 63.2 Å². The van der Waals surface area contributed by atoms with Gasteiger partial charge in [0.1, 0.15) is 0 Å². The van der Waals surface area contributed by atoms with Crippen molar-refractivity contribution in [2.75, 3.05) is 10.6 Å². The molecule has 27 heavy (non-hydrogen) atoms. The van der Waals surface area contributed by atoms with E-state index in [-0.39, 0.29) is 5.69 Å². The summed E-state index contributed by atoms with van der Waals surface area (Å²) in [6, 6.07) is 11.6. The summed E-state index contributed by atoms with van der Waals surface area (Å²) < 4.78 is 41.3. The molecule has 0 spiro atoms. The van der Waals surface area contributed by atoms with Crippen LogP contribution in [0.4, 0.5) is 29.3 Å². The van der Waals surface area contributed by atoms with Crippen LogP contribution in [0.3, 0.4) is 0 Å². The molecule has 9 heteroatoms. The molecule has 0 saturated carbocycles. The van der Waals surface area contributed by atoms with Gasteiger partial charge in [-0.15, -0.1) is 24.5 Å². The van der Waals surface area contributed by atoms with Crippen molar-refractivity contribution in [3.8, 4) is 17.0 Å². The Kier molecular flexibility index (Phi) is 5.31. The second-order valence-electron chi connectivity index (χ2n) is 5.46. The zero-order valence-electron chi connectivity index (χ0n) is 14.0. The number of carbonyl (C=O) groups is 1. The Bertz CT molecular complexity index is 957. The molecular weight excluding hydrogens is 379 g/mol. The fourth-order valence-corrected chi connectivity index (χ4v) is 2.94. The summed E-state index contributed by atoms with van der Waals surface area (Å²) in [5, 5.41) is 7.76. The summed E-state index contributed by atoms with van der Waals surface area (Å²) in [5.41, 5.74) is 1.98. The highest BCUT2D eigenvalue weighted by Gasteiger charge is 2.32. The van der Waals surface area contributed by atoms with Gasteiger partial charge in [-0.25, -0.2) is 9.78 Å². The number of hydrogen-bond acceptors (Lipinski definition) is 4. The minimum Gasteiger partial charge on any atom is -0.404 e. The maximum atomic E-state index is 12.5. The molecule has 2 amide bonds. The van der Waals surface area contributed by atoms with E-state index < -0.39 is 18.1 Å². The number of urea groups is 1. The molecule has 0 saturated heterocycles. The number of ether oxygens (including phenoxy) is 1. The summed E-state index contributed by atoms with van der Waals surface area (Å²) in [4.78, 5) is 16.6. The molecule has 0 unspecified atom stereocenters. The monoisotopic (exact) mass is 393 g/mol. The number of thiazole rings is 1. The Morgan fingerprint density at radius 3 is 2.59 bits per heavy atom. The molecule has 3 aromatic rings. The van der Waals surface area contributed by atoms with Crippen LogP contribution >= 0.6 is 11.3 Å². The van der Waals surface area contributed by atoms with E-state index in [0.29, 0.717) is 5.69 Å². The first-order chi connectivity index (χ1) is 12.8. The molecule has 1 heterocycles. The zero-order valence-corrected chi connectivity index (χ0v) is 14.8. The lowest BCUT2D eigenvalue weighted by Crippen LogP contribution is -2.22. The van der Waals surface area contributed by atoms with Gasteiger partial charge in [0.25, 0.3) is 0 Å². The minimum absolute atomic E-state index is 0.0985. The summed E-state index contributed by atoms with van der Waals surface area (Å²) in [6.45, 7) is 1.89. The van der Waals surface area contributed by atoms with Crippen LogP contribution in [-0.2, 0) is 0 Å². The second kappa shape index (κ2) is 7.67. The first kappa shape index (κ1) is 18.7. The maximum absolute atomic E-state index is 12.5. The van der Waals surface area contributed by atoms with E-state index in [0.717, 1.165) is 22.3 Å². The van der Waals surface area contributed by atoms with Gasteiger partial charge in [-0.05, 0) is 31.2 Å². The van der Waals surface area contributed by atoms with Crippen molar-refractivity contribution in [2.24, 2.45) is 0 Å². The maximum Gasteiger partial charge on any atom is 0.573 e. The van der Waals surface area contributed by atoms with Crippen molar-refractivity contribution in [3.63, 3.8) is 0 Å². The van der Waals surface area contributed by atoms with E-state index >= 15 is 0 Å². The summed E-state index contributed by atoms with van der Waals surface area (Å²) in [7, 11) is 0. The number of halogens is 3. The van der Waals surface area contributed by atoms with E-state index in [9.17, 15) is 18.0 Å². The van der Waals surface area contributed by atoms with Crippen LogP contribution in [-0.4, -0.2) is 17.4 Å². The molecule has 0 bridgehead atoms. The van der Waals surface area contributed by atoms with Gasteiger partial charge in [-0.1, -0.05) is 24.3 Å². The van der Waals surface area contributed by atoms with Crippen molar-refractivity contribution in [2.45, 2.75) is 13.3 Å². The standard InChI is InChI=1S/C18H14F3N3O2S/c1-11-22-15(10-27-11)12-5-4-6-13(9-12)23-17(25)24-14-7-2-3-8-16(14)26-18(19,20)21/h2-10H,1H3,(H2,23,24,25). The molecule has 2 aromatic carbocycles. The smallest absolute Gasteiger partial charge is 0.404 e. The number of hydrogen-bond donors (Lipinski definition) is 2. The van der Waals surface area contributed by atoms with Crippen molar-refractivity contribution in [1.29, 1.82) is 0 Å². The van der Waals surface area contributed by atoms with Crippen molar-refractivity contribution >= 4 is 28.7 Å². The largest absolute Gasteiger partial charge is 0.573 e. The number of nitrogens with zero attached hydrogens (tertiary/aromatic N) is 1. The summed E-state index contributed by atoms with van der Waals surface area (Å²) in [5.74, 6) is -0.494. The number of aryl methyl sites for hydroxylation is 1. The quantitative estimate of drug-likeness (QED) is 0.601. The predicted molar refractivity (Wildman–Crippen MR) is 98.1 cm³/mol. The van der Waals surface area contributed by atoms with Crippen LogP contribution in [0, 0.1) is 6.92 Å². The fraction of sp³-hybridized carbons (Fsp3) is 0.111. The first-order valence-electron chi connectivity index (χ1n) is 7.75. The van der Waals surface area contributed by atoms with Crippen LogP contribution in [0.5, 0.6) is 5.75 Å². The van der Waals surface area contributed by atoms with Crippen LogP contribution in [0.2, 0.25) is 0 Å². The van der Waals surface area contributed by atoms with E-state index in [4.69, 9.17) is 0 Å². The number of rotatable bonds is 4. The Morgan fingerprint density at radius 2 is 1.89 bits per heavy atom. The number of nitrogens with one attached hydrogen (secondary N) is 2. The van der Waals surface area contributed by atoms with E-state index in [1.165, 1.54) is 29.5 Å². The van der Waals surface area contributed by atoms with Gasteiger partial charge in [-0.2, -0.15) is 0 Å². The van der Waals surface area contributed by atoms with Crippen LogP contribution in [0.25, 0.3) is 11.3 Å². The molecule has 2 N–H and O–H groups in total. The first-order valence-corrected chi connectivity index (χ1v) is 8.63. The SMILES string of the molecule is Cc1nc(-c2cccc(NC(=O)Nc3ccccc3OC(F)(F)F)c2)cs1. The molecule has 140 valence electrons. The number of carbonyl (C=O) groups excluding carboxylic acids is 1. The zero-order chi connectivity index (χ0) is 19.4. The number of anilines is 2. The molecule has 0 atom stereocenters. The number of amides is 2. The number of benzene rings is 2. The highest BCUT2D eigenvalue weighted by molar-refractivity contribution is 7.09. The summed E-state index contributed by atoms with van der Waals surface area (Å²) in [6.07, 6.45) is -4.85. The lowest BCUT2D eigenvalue weighted by atomic mass is 10.1. The fourth-order valence-electron chi connectivity index (χ4n) is 2.32. The number of para-hydroxylation sites is 2. The highest BCUT2D eigenvalue weighted by Crippen LogP contribution is 2.30. The third-order valence-corrected chi connectivity index (χ3v) is 4.17. The van der Waals surface area contributed by atoms with Crippen molar-refractivity contribution in [3.05, 3.63) is 58.9 Å². The normalized spacial score (nSPS) is 11.1. The molecule has 0 aliphatic carbocycles.